The van der Waals surface area contributed by atoms with Crippen LogP contribution in [0.1, 0.15) is 70.6 Å². The van der Waals surface area contributed by atoms with Gasteiger partial charge >= 0.3 is 5.97 Å². The molecule has 4 rings (SSSR count). The third-order valence-corrected chi connectivity index (χ3v) is 8.04. The van der Waals surface area contributed by atoms with E-state index in [1.54, 1.807) is 6.08 Å². The molecule has 1 saturated carbocycles. The summed E-state index contributed by atoms with van der Waals surface area (Å²) in [5.74, 6) is 0.412. The first-order valence-electron chi connectivity index (χ1n) is 15.3. The topological polar surface area (TPSA) is 89.5 Å². The lowest BCUT2D eigenvalue weighted by atomic mass is 9.88. The SMILES string of the molecule is COC(=O)/C=C/CCCC[C@@H]1[C@@H](/C=C/C(=O)COc2ccccc2)[C@H](OC2CCCCO2)C[C@@H]1OC1CCCCO1. The maximum absolute atomic E-state index is 12.8. The van der Waals surface area contributed by atoms with Crippen LogP contribution >= 0.6 is 0 Å². The second-order valence-corrected chi connectivity index (χ2v) is 11.1. The van der Waals surface area contributed by atoms with Crippen LogP contribution in [0.2, 0.25) is 0 Å². The maximum Gasteiger partial charge on any atom is 0.330 e. The maximum atomic E-state index is 12.8. The molecule has 8 heteroatoms. The minimum Gasteiger partial charge on any atom is -0.485 e. The van der Waals surface area contributed by atoms with E-state index in [9.17, 15) is 9.59 Å². The van der Waals surface area contributed by atoms with E-state index in [0.717, 1.165) is 77.2 Å². The molecule has 2 saturated heterocycles. The van der Waals surface area contributed by atoms with Gasteiger partial charge in [-0.2, -0.15) is 0 Å². The molecule has 226 valence electrons. The van der Waals surface area contributed by atoms with Gasteiger partial charge in [0.25, 0.3) is 0 Å². The van der Waals surface area contributed by atoms with Crippen LogP contribution in [0.4, 0.5) is 0 Å². The number of ether oxygens (including phenoxy) is 6. The van der Waals surface area contributed by atoms with E-state index in [-0.39, 0.29) is 55.0 Å². The van der Waals surface area contributed by atoms with Gasteiger partial charge in [-0.1, -0.05) is 36.8 Å². The van der Waals surface area contributed by atoms with Gasteiger partial charge in [-0.05, 0) is 81.9 Å². The molecule has 3 aliphatic rings. The summed E-state index contributed by atoms with van der Waals surface area (Å²) in [6.07, 6.45) is 16.9. The zero-order valence-corrected chi connectivity index (χ0v) is 24.3. The van der Waals surface area contributed by atoms with Gasteiger partial charge in [-0.15, -0.1) is 0 Å². The van der Waals surface area contributed by atoms with Gasteiger partial charge < -0.3 is 28.4 Å². The highest BCUT2D eigenvalue weighted by atomic mass is 16.7. The summed E-state index contributed by atoms with van der Waals surface area (Å²) in [6.45, 7) is 1.42. The number of para-hydroxylation sites is 1. The zero-order chi connectivity index (χ0) is 28.7. The van der Waals surface area contributed by atoms with Gasteiger partial charge in [-0.25, -0.2) is 4.79 Å². The number of carbonyl (C=O) groups is 2. The lowest BCUT2D eigenvalue weighted by molar-refractivity contribution is -0.204. The third-order valence-electron chi connectivity index (χ3n) is 8.04. The molecule has 0 aromatic heterocycles. The summed E-state index contributed by atoms with van der Waals surface area (Å²) in [7, 11) is 1.38. The molecule has 0 radical (unpaired) electrons. The molecule has 41 heavy (non-hydrogen) atoms. The van der Waals surface area contributed by atoms with Crippen molar-refractivity contribution in [3.8, 4) is 5.75 Å². The molecular weight excluding hydrogens is 524 g/mol. The molecule has 2 heterocycles. The molecule has 0 N–H and O–H groups in total. The second-order valence-electron chi connectivity index (χ2n) is 11.1. The highest BCUT2D eigenvalue weighted by Gasteiger charge is 2.45. The zero-order valence-electron chi connectivity index (χ0n) is 24.3. The van der Waals surface area contributed by atoms with E-state index in [0.29, 0.717) is 12.4 Å². The summed E-state index contributed by atoms with van der Waals surface area (Å²) in [6, 6.07) is 9.36. The van der Waals surface area contributed by atoms with Gasteiger partial charge in [0.15, 0.2) is 25.0 Å². The van der Waals surface area contributed by atoms with E-state index in [1.807, 2.05) is 42.5 Å². The van der Waals surface area contributed by atoms with Crippen molar-refractivity contribution in [1.29, 1.82) is 0 Å². The molecule has 1 aromatic rings. The smallest absolute Gasteiger partial charge is 0.330 e. The van der Waals surface area contributed by atoms with Crippen molar-refractivity contribution in [1.82, 2.24) is 0 Å². The number of allylic oxidation sites excluding steroid dienone is 1. The summed E-state index contributed by atoms with van der Waals surface area (Å²) in [5.41, 5.74) is 0. The Morgan fingerprint density at radius 3 is 2.27 bits per heavy atom. The lowest BCUT2D eigenvalue weighted by Gasteiger charge is -2.30. The average Bonchev–Trinajstić information content (AvgIpc) is 3.32. The van der Waals surface area contributed by atoms with Crippen molar-refractivity contribution in [2.24, 2.45) is 11.8 Å². The Balaban J connectivity index is 1.44. The fourth-order valence-corrected chi connectivity index (χ4v) is 5.89. The van der Waals surface area contributed by atoms with Gasteiger partial charge in [0.1, 0.15) is 5.75 Å². The third kappa shape index (κ3) is 10.7. The standard InChI is InChI=1S/C33H46O8/c1-36-31(35)16-8-3-2-7-15-27-28(20-19-25(34)24-39-26-13-5-4-6-14-26)30(41-33-18-10-12-22-38-33)23-29(27)40-32-17-9-11-21-37-32/h4-6,8,13-14,16,19-20,27-30,32-33H,2-3,7,9-12,15,17-18,21-24H2,1H3/b16-8+,20-19+/t27-,28-,29+,30-,32?,33?/m1/s1. The first-order valence-corrected chi connectivity index (χ1v) is 15.3. The molecule has 0 amide bonds. The molecule has 6 atom stereocenters. The minimum absolute atomic E-state index is 0.000374. The van der Waals surface area contributed by atoms with Crippen molar-refractivity contribution >= 4 is 11.8 Å². The average molecular weight is 571 g/mol. The Morgan fingerprint density at radius 2 is 1.61 bits per heavy atom. The van der Waals surface area contributed by atoms with Gasteiger partial charge in [0, 0.05) is 31.6 Å². The Morgan fingerprint density at radius 1 is 0.902 bits per heavy atom. The lowest BCUT2D eigenvalue weighted by Crippen LogP contribution is -2.31. The number of ketones is 1. The first kappa shape index (κ1) is 31.4. The highest BCUT2D eigenvalue weighted by molar-refractivity contribution is 5.91. The van der Waals surface area contributed by atoms with Crippen molar-refractivity contribution in [3.05, 3.63) is 54.6 Å². The van der Waals surface area contributed by atoms with Crippen LogP contribution in [-0.4, -0.2) is 63.5 Å². The van der Waals surface area contributed by atoms with E-state index < -0.39 is 0 Å². The molecule has 1 aromatic carbocycles. The number of carbonyl (C=O) groups excluding carboxylic acids is 2. The van der Waals surface area contributed by atoms with Gasteiger partial charge in [0.05, 0.1) is 19.3 Å². The number of methoxy groups -OCH3 is 1. The molecule has 1 aliphatic carbocycles. The van der Waals surface area contributed by atoms with Crippen LogP contribution in [0.25, 0.3) is 0 Å². The van der Waals surface area contributed by atoms with Crippen LogP contribution in [0, 0.1) is 11.8 Å². The van der Waals surface area contributed by atoms with Crippen LogP contribution in [0.15, 0.2) is 54.6 Å². The van der Waals surface area contributed by atoms with Gasteiger partial charge in [0.2, 0.25) is 0 Å². The normalized spacial score (nSPS) is 28.7. The largest absolute Gasteiger partial charge is 0.485 e. The van der Waals surface area contributed by atoms with Crippen molar-refractivity contribution in [2.75, 3.05) is 26.9 Å². The fourth-order valence-electron chi connectivity index (χ4n) is 5.89. The molecule has 8 nitrogen and oxygen atoms in total. The monoisotopic (exact) mass is 570 g/mol. The molecule has 3 fully saturated rings. The van der Waals surface area contributed by atoms with Crippen molar-refractivity contribution in [2.45, 2.75) is 95.4 Å². The summed E-state index contributed by atoms with van der Waals surface area (Å²) < 4.78 is 35.4. The quantitative estimate of drug-likeness (QED) is 0.145. The van der Waals surface area contributed by atoms with E-state index in [2.05, 4.69) is 4.74 Å². The van der Waals surface area contributed by atoms with Crippen molar-refractivity contribution < 1.29 is 38.0 Å². The Labute approximate surface area is 244 Å². The Kier molecular flexibility index (Phi) is 13.4. The summed E-state index contributed by atoms with van der Waals surface area (Å²) in [4.78, 5) is 24.2. The molecule has 0 bridgehead atoms. The van der Waals surface area contributed by atoms with E-state index in [1.165, 1.54) is 13.2 Å². The highest BCUT2D eigenvalue weighted by Crippen LogP contribution is 2.42. The van der Waals surface area contributed by atoms with Crippen LogP contribution in [-0.2, 0) is 33.3 Å². The molecular formula is C33H46O8. The predicted molar refractivity (Wildman–Crippen MR) is 154 cm³/mol. The number of rotatable bonds is 15. The van der Waals surface area contributed by atoms with E-state index in [4.69, 9.17) is 23.7 Å². The fraction of sp³-hybridized carbons (Fsp3) is 0.636. The predicted octanol–water partition coefficient (Wildman–Crippen LogP) is 5.94. The van der Waals surface area contributed by atoms with E-state index >= 15 is 0 Å². The van der Waals surface area contributed by atoms with Gasteiger partial charge in [-0.3, -0.25) is 4.79 Å². The Bertz CT molecular complexity index is 965. The first-order chi connectivity index (χ1) is 20.1. The van der Waals surface area contributed by atoms with Crippen LogP contribution in [0.3, 0.4) is 0 Å². The van der Waals surface area contributed by atoms with Crippen LogP contribution in [0.5, 0.6) is 5.75 Å². The number of hydrogen-bond donors (Lipinski definition) is 0. The molecule has 0 spiro atoms. The number of unbranched alkanes of at least 4 members (excludes halogenated alkanes) is 2. The number of esters is 1. The van der Waals surface area contributed by atoms with Crippen LogP contribution < -0.4 is 4.74 Å². The molecule has 2 aliphatic heterocycles. The molecule has 2 unspecified atom stereocenters. The van der Waals surface area contributed by atoms with Crippen molar-refractivity contribution in [3.63, 3.8) is 0 Å². The minimum atomic E-state index is -0.335. The number of hydrogen-bond acceptors (Lipinski definition) is 8. The Hall–Kier alpha value is -2.52. The summed E-state index contributed by atoms with van der Waals surface area (Å²) in [5, 5.41) is 0. The number of benzene rings is 1. The summed E-state index contributed by atoms with van der Waals surface area (Å²) >= 11 is 0. The second kappa shape index (κ2) is 17.4.